The number of thiol groups is 1. The SMILES string of the molecule is SCCCCCCCCCCCCCCCCCCCCCCCCCCCCl. The van der Waals surface area contributed by atoms with E-state index >= 15 is 0 Å². The Morgan fingerprint density at radius 3 is 0.621 bits per heavy atom. The molecule has 0 aromatic carbocycles. The normalized spacial score (nSPS) is 11.4. The maximum absolute atomic E-state index is 5.70. The fraction of sp³-hybridized carbons (Fsp3) is 1.00. The maximum atomic E-state index is 5.70. The van der Waals surface area contributed by atoms with Gasteiger partial charge in [0, 0.05) is 5.88 Å². The van der Waals surface area contributed by atoms with Gasteiger partial charge in [-0.2, -0.15) is 12.6 Å². The van der Waals surface area contributed by atoms with Gasteiger partial charge in [-0.15, -0.1) is 11.6 Å². The van der Waals surface area contributed by atoms with E-state index in [2.05, 4.69) is 12.6 Å². The molecular weight excluding hydrogens is 392 g/mol. The molecule has 0 amide bonds. The van der Waals surface area contributed by atoms with Gasteiger partial charge in [0.25, 0.3) is 0 Å². The Hall–Kier alpha value is 0.640. The van der Waals surface area contributed by atoms with E-state index in [9.17, 15) is 0 Å². The molecule has 0 aromatic rings. The number of unbranched alkanes of at least 4 members (excludes halogenated alkanes) is 24. The highest BCUT2D eigenvalue weighted by Crippen LogP contribution is 2.15. The summed E-state index contributed by atoms with van der Waals surface area (Å²) in [4.78, 5) is 0. The summed E-state index contributed by atoms with van der Waals surface area (Å²) in [5.41, 5.74) is 0. The zero-order valence-corrected chi connectivity index (χ0v) is 21.6. The van der Waals surface area contributed by atoms with Gasteiger partial charge < -0.3 is 0 Å². The minimum Gasteiger partial charge on any atom is -0.179 e. The largest absolute Gasteiger partial charge is 0.179 e. The van der Waals surface area contributed by atoms with Crippen molar-refractivity contribution in [3.05, 3.63) is 0 Å². The molecule has 0 aliphatic carbocycles. The van der Waals surface area contributed by atoms with Crippen LogP contribution >= 0.6 is 24.2 Å². The first-order chi connectivity index (χ1) is 14.4. The van der Waals surface area contributed by atoms with Crippen LogP contribution in [0.1, 0.15) is 161 Å². The molecule has 0 fully saturated rings. The first kappa shape index (κ1) is 29.6. The van der Waals surface area contributed by atoms with E-state index in [0.29, 0.717) is 0 Å². The fourth-order valence-electron chi connectivity index (χ4n) is 4.27. The molecule has 0 atom stereocenters. The Kier molecular flexibility index (Phi) is 29.3. The van der Waals surface area contributed by atoms with Gasteiger partial charge >= 0.3 is 0 Å². The fourth-order valence-corrected chi connectivity index (χ4v) is 4.68. The summed E-state index contributed by atoms with van der Waals surface area (Å²) < 4.78 is 0. The lowest BCUT2D eigenvalue weighted by Gasteiger charge is -2.04. The van der Waals surface area contributed by atoms with Crippen molar-refractivity contribution in [3.8, 4) is 0 Å². The highest BCUT2D eigenvalue weighted by atomic mass is 35.5. The predicted molar refractivity (Wildman–Crippen MR) is 140 cm³/mol. The van der Waals surface area contributed by atoms with Crippen LogP contribution in [-0.4, -0.2) is 11.6 Å². The topological polar surface area (TPSA) is 0 Å². The monoisotopic (exact) mass is 446 g/mol. The van der Waals surface area contributed by atoms with Crippen molar-refractivity contribution in [3.63, 3.8) is 0 Å². The molecule has 29 heavy (non-hydrogen) atoms. The Morgan fingerprint density at radius 1 is 0.276 bits per heavy atom. The molecule has 0 N–H and O–H groups in total. The van der Waals surface area contributed by atoms with Gasteiger partial charge in [-0.1, -0.05) is 148 Å². The first-order valence-electron chi connectivity index (χ1n) is 13.6. The molecule has 0 radical (unpaired) electrons. The lowest BCUT2D eigenvalue weighted by molar-refractivity contribution is 0.517. The minimum atomic E-state index is 0.845. The van der Waals surface area contributed by atoms with E-state index < -0.39 is 0 Å². The van der Waals surface area contributed by atoms with Crippen LogP contribution in [0.2, 0.25) is 0 Å². The highest BCUT2D eigenvalue weighted by molar-refractivity contribution is 7.80. The lowest BCUT2D eigenvalue weighted by atomic mass is 10.0. The van der Waals surface area contributed by atoms with E-state index in [1.165, 1.54) is 161 Å². The molecule has 0 saturated heterocycles. The summed E-state index contributed by atoms with van der Waals surface area (Å²) in [6.07, 6.45) is 35.9. The molecule has 0 bridgehead atoms. The van der Waals surface area contributed by atoms with Gasteiger partial charge in [-0.25, -0.2) is 0 Å². The molecule has 0 saturated carbocycles. The second-order valence-electron chi connectivity index (χ2n) is 9.25. The number of rotatable bonds is 26. The van der Waals surface area contributed by atoms with Crippen molar-refractivity contribution in [2.75, 3.05) is 11.6 Å². The molecule has 0 unspecified atom stereocenters. The third kappa shape index (κ3) is 28.6. The van der Waals surface area contributed by atoms with Crippen LogP contribution in [0, 0.1) is 0 Å². The summed E-state index contributed by atoms with van der Waals surface area (Å²) in [5, 5.41) is 0. The molecule has 176 valence electrons. The van der Waals surface area contributed by atoms with Crippen LogP contribution in [0.3, 0.4) is 0 Å². The van der Waals surface area contributed by atoms with E-state index in [1.807, 2.05) is 0 Å². The molecule has 0 aliphatic rings. The smallest absolute Gasteiger partial charge is 0.0223 e. The maximum Gasteiger partial charge on any atom is 0.0223 e. The molecule has 0 spiro atoms. The molecular formula is C27H55ClS. The van der Waals surface area contributed by atoms with Gasteiger partial charge in [0.15, 0.2) is 0 Å². The average Bonchev–Trinajstić information content (AvgIpc) is 2.74. The lowest BCUT2D eigenvalue weighted by Crippen LogP contribution is -1.85. The highest BCUT2D eigenvalue weighted by Gasteiger charge is 1.96. The van der Waals surface area contributed by atoms with Gasteiger partial charge in [0.1, 0.15) is 0 Å². The van der Waals surface area contributed by atoms with E-state index in [1.54, 1.807) is 0 Å². The summed E-state index contributed by atoms with van der Waals surface area (Å²) in [5.74, 6) is 1.91. The zero-order valence-electron chi connectivity index (χ0n) is 19.9. The summed E-state index contributed by atoms with van der Waals surface area (Å²) >= 11 is 9.98. The Labute approximate surface area is 196 Å². The quantitative estimate of drug-likeness (QED) is 0.0761. The van der Waals surface area contributed by atoms with Crippen LogP contribution in [0.4, 0.5) is 0 Å². The van der Waals surface area contributed by atoms with Gasteiger partial charge in [-0.05, 0) is 18.6 Å². The molecule has 2 heteroatoms. The zero-order chi connectivity index (χ0) is 21.1. The van der Waals surface area contributed by atoms with Crippen LogP contribution < -0.4 is 0 Å². The number of hydrogen-bond acceptors (Lipinski definition) is 1. The standard InChI is InChI=1S/C27H55ClS/c28-26-24-22-20-18-16-14-12-10-8-6-4-2-1-3-5-7-9-11-13-15-17-19-21-23-25-27-29/h29H,1-27H2. The Bertz CT molecular complexity index is 243. The van der Waals surface area contributed by atoms with Gasteiger partial charge in [-0.3, -0.25) is 0 Å². The van der Waals surface area contributed by atoms with Gasteiger partial charge in [0.05, 0.1) is 0 Å². The second kappa shape index (κ2) is 28.6. The third-order valence-corrected chi connectivity index (χ3v) is 6.88. The Balaban J connectivity index is 2.97. The van der Waals surface area contributed by atoms with Crippen LogP contribution in [0.5, 0.6) is 0 Å². The molecule has 0 aliphatic heterocycles. The molecule has 0 rings (SSSR count). The molecule has 0 heterocycles. The molecule has 0 nitrogen and oxygen atoms in total. The van der Waals surface area contributed by atoms with Crippen molar-refractivity contribution in [2.45, 2.75) is 161 Å². The van der Waals surface area contributed by atoms with Crippen molar-refractivity contribution in [1.29, 1.82) is 0 Å². The van der Waals surface area contributed by atoms with Crippen LogP contribution in [-0.2, 0) is 0 Å². The minimum absolute atomic E-state index is 0.845. The van der Waals surface area contributed by atoms with E-state index in [-0.39, 0.29) is 0 Å². The predicted octanol–water partition coefficient (Wildman–Crippen LogP) is 10.9. The van der Waals surface area contributed by atoms with Crippen molar-refractivity contribution >= 4 is 24.2 Å². The summed E-state index contributed by atoms with van der Waals surface area (Å²) in [6.45, 7) is 0. The second-order valence-corrected chi connectivity index (χ2v) is 10.1. The van der Waals surface area contributed by atoms with Gasteiger partial charge in [0.2, 0.25) is 0 Å². The number of halogens is 1. The van der Waals surface area contributed by atoms with Crippen molar-refractivity contribution in [1.82, 2.24) is 0 Å². The van der Waals surface area contributed by atoms with Crippen molar-refractivity contribution in [2.24, 2.45) is 0 Å². The van der Waals surface area contributed by atoms with E-state index in [4.69, 9.17) is 11.6 Å². The Morgan fingerprint density at radius 2 is 0.448 bits per heavy atom. The average molecular weight is 447 g/mol. The van der Waals surface area contributed by atoms with E-state index in [0.717, 1.165) is 11.6 Å². The first-order valence-corrected chi connectivity index (χ1v) is 14.8. The van der Waals surface area contributed by atoms with Crippen LogP contribution in [0.15, 0.2) is 0 Å². The number of alkyl halides is 1. The summed E-state index contributed by atoms with van der Waals surface area (Å²) in [7, 11) is 0. The third-order valence-electron chi connectivity index (χ3n) is 6.29. The number of hydrogen-bond donors (Lipinski definition) is 1. The van der Waals surface area contributed by atoms with Crippen LogP contribution in [0.25, 0.3) is 0 Å². The summed E-state index contributed by atoms with van der Waals surface area (Å²) in [6, 6.07) is 0. The van der Waals surface area contributed by atoms with Crippen molar-refractivity contribution < 1.29 is 0 Å². The molecule has 0 aromatic heterocycles.